The Bertz CT molecular complexity index is 1350. The summed E-state index contributed by atoms with van der Waals surface area (Å²) in [6, 6.07) is 5.51. The molecule has 1 unspecified atom stereocenters. The number of nitrogens with two attached hydrogens (primary N) is 1. The number of ether oxygens (including phenoxy) is 1. The molecular weight excluding hydrogens is 418 g/mol. The summed E-state index contributed by atoms with van der Waals surface area (Å²) in [5.74, 6) is 2.56. The first-order chi connectivity index (χ1) is 15.9. The average Bonchev–Trinajstić information content (AvgIpc) is 3.34. The van der Waals surface area contributed by atoms with Gasteiger partial charge in [0.05, 0.1) is 11.7 Å². The standard InChI is InChI=1S/C23H25N9O/c1-22-11-18(30-32(22)9-7-23(22)5-3-6-23)28-21-29-20-19(31(21)2)15(12-24)16(13-27-20)33-14-4-8-26-17(25)10-14/h4,8,10,13H,3,5-7,9,11H2,1-2H3,(H2,25,26)(H,27,28,29,30). The third kappa shape index (κ3) is 2.82. The van der Waals surface area contributed by atoms with Crippen molar-refractivity contribution in [2.45, 2.75) is 44.6 Å². The fourth-order valence-electron chi connectivity index (χ4n) is 5.74. The van der Waals surface area contributed by atoms with Crippen molar-refractivity contribution in [3.8, 4) is 17.6 Å². The third-order valence-corrected chi connectivity index (χ3v) is 7.81. The predicted molar refractivity (Wildman–Crippen MR) is 123 cm³/mol. The van der Waals surface area contributed by atoms with Crippen LogP contribution in [0.15, 0.2) is 29.5 Å². The van der Waals surface area contributed by atoms with Crippen molar-refractivity contribution in [3.63, 3.8) is 0 Å². The van der Waals surface area contributed by atoms with E-state index in [-0.39, 0.29) is 5.54 Å². The van der Waals surface area contributed by atoms with E-state index in [1.807, 2.05) is 7.05 Å². The van der Waals surface area contributed by atoms with Crippen molar-refractivity contribution in [2.24, 2.45) is 17.5 Å². The fourth-order valence-corrected chi connectivity index (χ4v) is 5.74. The van der Waals surface area contributed by atoms with Crippen LogP contribution in [0.1, 0.15) is 44.6 Å². The molecule has 10 nitrogen and oxygen atoms in total. The lowest BCUT2D eigenvalue weighted by Crippen LogP contribution is -2.52. The number of hydrogen-bond donors (Lipinski definition) is 2. The highest BCUT2D eigenvalue weighted by atomic mass is 16.5. The summed E-state index contributed by atoms with van der Waals surface area (Å²) < 4.78 is 7.69. The first kappa shape index (κ1) is 19.9. The second-order valence-corrected chi connectivity index (χ2v) is 9.43. The van der Waals surface area contributed by atoms with Gasteiger partial charge in [-0.3, -0.25) is 0 Å². The van der Waals surface area contributed by atoms with Gasteiger partial charge in [-0.1, -0.05) is 6.42 Å². The number of fused-ring (bicyclic) bond motifs is 3. The van der Waals surface area contributed by atoms with E-state index in [1.165, 1.54) is 31.9 Å². The van der Waals surface area contributed by atoms with Crippen LogP contribution in [0.3, 0.4) is 0 Å². The molecule has 0 aromatic carbocycles. The monoisotopic (exact) mass is 443 g/mol. The number of anilines is 1. The van der Waals surface area contributed by atoms with Crippen LogP contribution in [0.5, 0.6) is 11.5 Å². The van der Waals surface area contributed by atoms with Crippen LogP contribution >= 0.6 is 0 Å². The summed E-state index contributed by atoms with van der Waals surface area (Å²) in [6.07, 6.45) is 9.08. The van der Waals surface area contributed by atoms with Gasteiger partial charge in [-0.25, -0.2) is 15.0 Å². The number of rotatable bonds is 3. The maximum atomic E-state index is 9.91. The molecular formula is C23H25N9O. The van der Waals surface area contributed by atoms with E-state index in [4.69, 9.17) is 15.5 Å². The molecule has 0 radical (unpaired) electrons. The molecule has 1 aliphatic carbocycles. The number of nitriles is 1. The fraction of sp³-hybridized carbons (Fsp3) is 0.435. The Labute approximate surface area is 191 Å². The highest BCUT2D eigenvalue weighted by Crippen LogP contribution is 2.60. The van der Waals surface area contributed by atoms with Gasteiger partial charge in [-0.15, -0.1) is 0 Å². The zero-order valence-corrected chi connectivity index (χ0v) is 18.7. The van der Waals surface area contributed by atoms with Crippen molar-refractivity contribution in [2.75, 3.05) is 12.3 Å². The summed E-state index contributed by atoms with van der Waals surface area (Å²) in [4.78, 5) is 17.8. The van der Waals surface area contributed by atoms with E-state index < -0.39 is 0 Å². The van der Waals surface area contributed by atoms with Gasteiger partial charge in [-0.2, -0.15) is 15.2 Å². The van der Waals surface area contributed by atoms with Crippen LogP contribution < -0.4 is 15.9 Å². The Morgan fingerprint density at radius 2 is 2.15 bits per heavy atom. The topological polar surface area (TPSA) is 130 Å². The lowest BCUT2D eigenvalue weighted by atomic mass is 9.57. The number of imidazole rings is 1. The second-order valence-electron chi connectivity index (χ2n) is 9.43. The number of hydrazine groups is 1. The van der Waals surface area contributed by atoms with E-state index >= 15 is 0 Å². The molecule has 1 saturated carbocycles. The number of pyridine rings is 2. The van der Waals surface area contributed by atoms with Crippen molar-refractivity contribution in [1.82, 2.24) is 30.0 Å². The molecule has 3 fully saturated rings. The lowest BCUT2D eigenvalue weighted by Gasteiger charge is -2.49. The average molecular weight is 444 g/mol. The Kier molecular flexibility index (Phi) is 4.16. The number of aryl methyl sites for hydroxylation is 1. The Balaban J connectivity index is 1.36. The first-order valence-corrected chi connectivity index (χ1v) is 11.2. The van der Waals surface area contributed by atoms with Crippen molar-refractivity contribution >= 4 is 28.8 Å². The minimum absolute atomic E-state index is 0.0954. The molecule has 168 valence electrons. The largest absolute Gasteiger partial charge is 0.454 e. The van der Waals surface area contributed by atoms with Crippen LogP contribution in [0.25, 0.3) is 11.2 Å². The third-order valence-electron chi connectivity index (χ3n) is 7.81. The van der Waals surface area contributed by atoms with E-state index in [9.17, 15) is 5.26 Å². The summed E-state index contributed by atoms with van der Waals surface area (Å²) in [6.45, 7) is 3.40. The van der Waals surface area contributed by atoms with Crippen molar-refractivity contribution < 1.29 is 4.74 Å². The number of amidine groups is 1. The predicted octanol–water partition coefficient (Wildman–Crippen LogP) is 3.18. The Morgan fingerprint density at radius 3 is 2.88 bits per heavy atom. The van der Waals surface area contributed by atoms with Gasteiger partial charge < -0.3 is 20.5 Å². The molecule has 5 heterocycles. The highest BCUT2D eigenvalue weighted by Gasteiger charge is 2.62. The summed E-state index contributed by atoms with van der Waals surface area (Å²) in [5.41, 5.74) is 11.1. The molecule has 10 heteroatoms. The minimum Gasteiger partial charge on any atom is -0.454 e. The van der Waals surface area contributed by atoms with Crippen LogP contribution in [0.4, 0.5) is 11.8 Å². The molecule has 3 aromatic heterocycles. The molecule has 2 aliphatic heterocycles. The summed E-state index contributed by atoms with van der Waals surface area (Å²) in [5, 5.41) is 12.3. The van der Waals surface area contributed by atoms with Crippen molar-refractivity contribution in [3.05, 3.63) is 30.1 Å². The SMILES string of the molecule is Cn1c(/N=C2\CC3(C)N(CCC34CCC4)N2)nc2ncc(Oc3ccnc(N)c3)c(C#N)c21. The Morgan fingerprint density at radius 1 is 1.30 bits per heavy atom. The van der Waals surface area contributed by atoms with E-state index in [1.54, 1.807) is 22.9 Å². The molecule has 1 spiro atoms. The molecule has 0 bridgehead atoms. The number of nitrogens with zero attached hydrogens (tertiary/aromatic N) is 7. The van der Waals surface area contributed by atoms with Gasteiger partial charge in [0.1, 0.15) is 34.6 Å². The van der Waals surface area contributed by atoms with Gasteiger partial charge in [0, 0.05) is 32.3 Å². The summed E-state index contributed by atoms with van der Waals surface area (Å²) >= 11 is 0. The number of aliphatic imine (C=N–C) groups is 1. The smallest absolute Gasteiger partial charge is 0.233 e. The molecule has 6 rings (SSSR count). The molecule has 33 heavy (non-hydrogen) atoms. The van der Waals surface area contributed by atoms with Gasteiger partial charge >= 0.3 is 0 Å². The summed E-state index contributed by atoms with van der Waals surface area (Å²) in [7, 11) is 1.84. The van der Waals surface area contributed by atoms with Gasteiger partial charge in [0.25, 0.3) is 0 Å². The maximum absolute atomic E-state index is 9.91. The molecule has 3 aromatic rings. The minimum atomic E-state index is 0.0954. The highest BCUT2D eigenvalue weighted by molar-refractivity contribution is 5.89. The molecule has 3 aliphatic rings. The Hall–Kier alpha value is -3.71. The van der Waals surface area contributed by atoms with Crippen LogP contribution in [0, 0.1) is 16.7 Å². The zero-order chi connectivity index (χ0) is 22.8. The molecule has 2 saturated heterocycles. The van der Waals surface area contributed by atoms with Crippen LogP contribution in [-0.4, -0.2) is 42.4 Å². The second kappa shape index (κ2) is 6.89. The number of nitrogen functional groups attached to an aromatic ring is 1. The van der Waals surface area contributed by atoms with Gasteiger partial charge in [0.15, 0.2) is 11.4 Å². The maximum Gasteiger partial charge on any atom is 0.233 e. The number of nitrogens with one attached hydrogen (secondary N) is 1. The van der Waals surface area contributed by atoms with Crippen molar-refractivity contribution in [1.29, 1.82) is 5.26 Å². The zero-order valence-electron chi connectivity index (χ0n) is 18.7. The molecule has 1 atom stereocenters. The van der Waals surface area contributed by atoms with E-state index in [0.29, 0.717) is 45.4 Å². The normalized spacial score (nSPS) is 24.6. The van der Waals surface area contributed by atoms with Gasteiger partial charge in [-0.05, 0) is 37.7 Å². The quantitative estimate of drug-likeness (QED) is 0.631. The number of hydrogen-bond acceptors (Lipinski definition) is 8. The van der Waals surface area contributed by atoms with Gasteiger partial charge in [0.2, 0.25) is 5.95 Å². The van der Waals surface area contributed by atoms with E-state index in [2.05, 4.69) is 38.4 Å². The number of aromatic nitrogens is 4. The van der Waals surface area contributed by atoms with E-state index in [0.717, 1.165) is 18.8 Å². The van der Waals surface area contributed by atoms with Crippen LogP contribution in [-0.2, 0) is 7.05 Å². The van der Waals surface area contributed by atoms with Crippen LogP contribution in [0.2, 0.25) is 0 Å². The molecule has 3 N–H and O–H groups in total. The first-order valence-electron chi connectivity index (χ1n) is 11.2. The molecule has 0 amide bonds. The lowest BCUT2D eigenvalue weighted by molar-refractivity contribution is 0.000653.